The van der Waals surface area contributed by atoms with Crippen LogP contribution < -0.4 is 5.73 Å². The maximum Gasteiger partial charge on any atom is 0.239 e. The van der Waals surface area contributed by atoms with Crippen molar-refractivity contribution in [3.05, 3.63) is 35.9 Å². The second kappa shape index (κ2) is 6.89. The molecule has 1 aliphatic rings. The maximum atomic E-state index is 12.3. The van der Waals surface area contributed by atoms with Gasteiger partial charge in [-0.05, 0) is 36.7 Å². The Morgan fingerprint density at radius 3 is 2.70 bits per heavy atom. The Hall–Kier alpha value is -1.35. The zero-order valence-corrected chi connectivity index (χ0v) is 12.6. The van der Waals surface area contributed by atoms with Gasteiger partial charge in [0.2, 0.25) is 5.91 Å². The van der Waals surface area contributed by atoms with Crippen molar-refractivity contribution >= 4 is 5.91 Å². The predicted molar refractivity (Wildman–Crippen MR) is 82.3 cm³/mol. The van der Waals surface area contributed by atoms with Crippen molar-refractivity contribution in [1.82, 2.24) is 4.90 Å². The van der Waals surface area contributed by atoms with Crippen LogP contribution in [0.2, 0.25) is 0 Å². The van der Waals surface area contributed by atoms with Crippen LogP contribution in [0.1, 0.15) is 32.3 Å². The van der Waals surface area contributed by atoms with Crippen molar-refractivity contribution in [2.75, 3.05) is 13.1 Å². The molecule has 1 amide bonds. The molecule has 3 heteroatoms. The van der Waals surface area contributed by atoms with Crippen LogP contribution in [0.5, 0.6) is 0 Å². The Balaban J connectivity index is 1.84. The summed E-state index contributed by atoms with van der Waals surface area (Å²) in [6, 6.07) is 10.2. The van der Waals surface area contributed by atoms with E-state index in [1.807, 2.05) is 11.0 Å². The fourth-order valence-electron chi connectivity index (χ4n) is 2.99. The largest absolute Gasteiger partial charge is 0.341 e. The van der Waals surface area contributed by atoms with Crippen molar-refractivity contribution in [3.63, 3.8) is 0 Å². The highest BCUT2D eigenvalue weighted by Crippen LogP contribution is 2.22. The summed E-state index contributed by atoms with van der Waals surface area (Å²) >= 11 is 0. The molecular formula is C17H26N2O. The van der Waals surface area contributed by atoms with E-state index in [0.717, 1.165) is 32.4 Å². The van der Waals surface area contributed by atoms with E-state index >= 15 is 0 Å². The first-order chi connectivity index (χ1) is 9.56. The molecule has 1 aromatic rings. The van der Waals surface area contributed by atoms with Gasteiger partial charge in [-0.15, -0.1) is 0 Å². The lowest BCUT2D eigenvalue weighted by molar-refractivity contribution is -0.132. The van der Waals surface area contributed by atoms with Gasteiger partial charge in [0, 0.05) is 13.1 Å². The molecule has 0 bridgehead atoms. The topological polar surface area (TPSA) is 46.3 Å². The number of benzene rings is 1. The minimum Gasteiger partial charge on any atom is -0.341 e. The fourth-order valence-corrected chi connectivity index (χ4v) is 2.99. The smallest absolute Gasteiger partial charge is 0.239 e. The van der Waals surface area contributed by atoms with Crippen molar-refractivity contribution in [2.45, 2.75) is 39.2 Å². The molecule has 1 saturated heterocycles. The van der Waals surface area contributed by atoms with Gasteiger partial charge in [-0.2, -0.15) is 0 Å². The molecule has 0 radical (unpaired) electrons. The monoisotopic (exact) mass is 274 g/mol. The second-order valence-electron chi connectivity index (χ2n) is 6.36. The van der Waals surface area contributed by atoms with E-state index in [2.05, 4.69) is 38.1 Å². The van der Waals surface area contributed by atoms with Crippen LogP contribution in [0.25, 0.3) is 0 Å². The minimum atomic E-state index is -0.328. The third kappa shape index (κ3) is 4.07. The van der Waals surface area contributed by atoms with Crippen molar-refractivity contribution in [1.29, 1.82) is 0 Å². The third-order valence-electron chi connectivity index (χ3n) is 4.01. The average Bonchev–Trinajstić information content (AvgIpc) is 2.86. The molecule has 1 fully saturated rings. The molecular weight excluding hydrogens is 248 g/mol. The summed E-state index contributed by atoms with van der Waals surface area (Å²) in [6.07, 6.45) is 2.93. The summed E-state index contributed by atoms with van der Waals surface area (Å²) in [5, 5.41) is 0. The molecule has 1 aliphatic heterocycles. The van der Waals surface area contributed by atoms with E-state index in [1.165, 1.54) is 5.56 Å². The van der Waals surface area contributed by atoms with Gasteiger partial charge in [-0.1, -0.05) is 44.2 Å². The number of nitrogens with two attached hydrogens (primary N) is 1. The first kappa shape index (κ1) is 15.0. The van der Waals surface area contributed by atoms with E-state index in [-0.39, 0.29) is 11.9 Å². The van der Waals surface area contributed by atoms with Crippen LogP contribution in [0.4, 0.5) is 0 Å². The quantitative estimate of drug-likeness (QED) is 0.896. The molecule has 110 valence electrons. The number of carbonyl (C=O) groups excluding carboxylic acids is 1. The number of hydrogen-bond donors (Lipinski definition) is 1. The normalized spacial score (nSPS) is 20.4. The van der Waals surface area contributed by atoms with Crippen LogP contribution in [0.15, 0.2) is 30.3 Å². The lowest BCUT2D eigenvalue weighted by Crippen LogP contribution is -2.43. The molecule has 0 saturated carbocycles. The van der Waals surface area contributed by atoms with Gasteiger partial charge in [0.05, 0.1) is 6.04 Å². The maximum absolute atomic E-state index is 12.3. The highest BCUT2D eigenvalue weighted by molar-refractivity contribution is 5.81. The molecule has 0 aromatic heterocycles. The summed E-state index contributed by atoms with van der Waals surface area (Å²) in [7, 11) is 0. The predicted octanol–water partition coefficient (Wildman–Crippen LogP) is 2.45. The van der Waals surface area contributed by atoms with E-state index in [4.69, 9.17) is 5.73 Å². The molecule has 1 aromatic carbocycles. The van der Waals surface area contributed by atoms with Gasteiger partial charge in [0.15, 0.2) is 0 Å². The van der Waals surface area contributed by atoms with Crippen LogP contribution >= 0.6 is 0 Å². The van der Waals surface area contributed by atoms with Crippen molar-refractivity contribution < 1.29 is 4.79 Å². The summed E-state index contributed by atoms with van der Waals surface area (Å²) in [4.78, 5) is 14.2. The first-order valence-electron chi connectivity index (χ1n) is 7.64. The van der Waals surface area contributed by atoms with Crippen molar-refractivity contribution in [3.8, 4) is 0 Å². The number of hydrogen-bond acceptors (Lipinski definition) is 2. The van der Waals surface area contributed by atoms with Gasteiger partial charge in [-0.25, -0.2) is 0 Å². The summed E-state index contributed by atoms with van der Waals surface area (Å²) < 4.78 is 0. The highest BCUT2D eigenvalue weighted by atomic mass is 16.2. The molecule has 2 N–H and O–H groups in total. The lowest BCUT2D eigenvalue weighted by Gasteiger charge is -2.22. The molecule has 0 aliphatic carbocycles. The van der Waals surface area contributed by atoms with Crippen LogP contribution in [-0.2, 0) is 11.2 Å². The standard InChI is InChI=1S/C17H26N2O/c1-13(2)10-16(18)17(20)19-9-8-15(12-19)11-14-6-4-3-5-7-14/h3-7,13,15-16H,8-12,18H2,1-2H3/t15-,16-/m0/s1. The minimum absolute atomic E-state index is 0.134. The van der Waals surface area contributed by atoms with Crippen LogP contribution in [0, 0.1) is 11.8 Å². The molecule has 20 heavy (non-hydrogen) atoms. The zero-order valence-electron chi connectivity index (χ0n) is 12.6. The molecule has 2 atom stereocenters. The van der Waals surface area contributed by atoms with Crippen molar-refractivity contribution in [2.24, 2.45) is 17.6 Å². The second-order valence-corrected chi connectivity index (χ2v) is 6.36. The van der Waals surface area contributed by atoms with Gasteiger partial charge in [0.25, 0.3) is 0 Å². The Kier molecular flexibility index (Phi) is 5.18. The number of nitrogens with zero attached hydrogens (tertiary/aromatic N) is 1. The molecule has 0 unspecified atom stereocenters. The van der Waals surface area contributed by atoms with E-state index in [0.29, 0.717) is 11.8 Å². The Bertz CT molecular complexity index is 430. The number of amides is 1. The molecule has 1 heterocycles. The molecule has 2 rings (SSSR count). The fraction of sp³-hybridized carbons (Fsp3) is 0.588. The van der Waals surface area contributed by atoms with Gasteiger partial charge in [-0.3, -0.25) is 4.79 Å². The SMILES string of the molecule is CC(C)C[C@H](N)C(=O)N1CC[C@@H](Cc2ccccc2)C1. The van der Waals surface area contributed by atoms with E-state index in [9.17, 15) is 4.79 Å². The average molecular weight is 274 g/mol. The Morgan fingerprint density at radius 2 is 2.05 bits per heavy atom. The van der Waals surface area contributed by atoms with E-state index < -0.39 is 0 Å². The lowest BCUT2D eigenvalue weighted by atomic mass is 9.99. The number of likely N-dealkylation sites (tertiary alicyclic amines) is 1. The molecule has 3 nitrogen and oxygen atoms in total. The number of rotatable bonds is 5. The van der Waals surface area contributed by atoms with Gasteiger partial charge >= 0.3 is 0 Å². The Morgan fingerprint density at radius 1 is 1.35 bits per heavy atom. The van der Waals surface area contributed by atoms with Crippen LogP contribution in [-0.4, -0.2) is 29.9 Å². The summed E-state index contributed by atoms with van der Waals surface area (Å²) in [6.45, 7) is 5.94. The third-order valence-corrected chi connectivity index (χ3v) is 4.01. The number of carbonyl (C=O) groups is 1. The Labute approximate surface area is 122 Å². The summed E-state index contributed by atoms with van der Waals surface area (Å²) in [5.74, 6) is 1.18. The van der Waals surface area contributed by atoms with Gasteiger partial charge < -0.3 is 10.6 Å². The van der Waals surface area contributed by atoms with Gasteiger partial charge in [0.1, 0.15) is 0 Å². The highest BCUT2D eigenvalue weighted by Gasteiger charge is 2.29. The first-order valence-corrected chi connectivity index (χ1v) is 7.64. The van der Waals surface area contributed by atoms with Crippen LogP contribution in [0.3, 0.4) is 0 Å². The zero-order chi connectivity index (χ0) is 14.5. The van der Waals surface area contributed by atoms with E-state index in [1.54, 1.807) is 0 Å². The molecule has 0 spiro atoms. The summed E-state index contributed by atoms with van der Waals surface area (Å²) in [5.41, 5.74) is 7.36.